The first-order valence-electron chi connectivity index (χ1n) is 8.48. The summed E-state index contributed by atoms with van der Waals surface area (Å²) in [7, 11) is 0. The Labute approximate surface area is 163 Å². The van der Waals surface area contributed by atoms with E-state index >= 15 is 0 Å². The smallest absolute Gasteiger partial charge is 0.249 e. The van der Waals surface area contributed by atoms with Gasteiger partial charge in [-0.15, -0.1) is 23.1 Å². The molecule has 2 unspecified atom stereocenters. The first-order valence-corrected chi connectivity index (χ1v) is 10.3. The lowest BCUT2D eigenvalue weighted by Crippen LogP contribution is -2.48. The summed E-state index contributed by atoms with van der Waals surface area (Å²) in [6.45, 7) is 3.79. The minimum atomic E-state index is -0.944. The molecule has 0 spiro atoms. The van der Waals surface area contributed by atoms with Crippen molar-refractivity contribution in [3.05, 3.63) is 34.7 Å². The van der Waals surface area contributed by atoms with Gasteiger partial charge >= 0.3 is 0 Å². The Morgan fingerprint density at radius 2 is 2.15 bits per heavy atom. The van der Waals surface area contributed by atoms with E-state index in [1.807, 2.05) is 6.92 Å². The molecule has 1 aromatic carbocycles. The van der Waals surface area contributed by atoms with Crippen LogP contribution < -0.4 is 5.32 Å². The van der Waals surface area contributed by atoms with E-state index in [0.717, 1.165) is 23.4 Å². The highest BCUT2D eigenvalue weighted by atomic mass is 32.2. The fourth-order valence-electron chi connectivity index (χ4n) is 3.56. The van der Waals surface area contributed by atoms with Gasteiger partial charge in [0.15, 0.2) is 16.8 Å². The number of aromatic nitrogens is 1. The van der Waals surface area contributed by atoms with E-state index in [2.05, 4.69) is 10.3 Å². The van der Waals surface area contributed by atoms with Crippen LogP contribution in [0.3, 0.4) is 0 Å². The zero-order valence-electron chi connectivity index (χ0n) is 14.7. The van der Waals surface area contributed by atoms with E-state index in [4.69, 9.17) is 0 Å². The standard InChI is InChI=1S/C18H17F2N3O2S2/c1-9-15(10-3-4-11(19)12(20)7-10)21-17(27-9)22-16(25)13-8-26-18(2)6-5-14(24)23(13)18/h3-4,7,13H,5-6,8H2,1-2H3,(H,21,22,25). The second-order valence-corrected chi connectivity index (χ2v) is 9.51. The van der Waals surface area contributed by atoms with E-state index in [1.54, 1.807) is 23.6 Å². The van der Waals surface area contributed by atoms with Crippen molar-refractivity contribution < 1.29 is 18.4 Å². The highest BCUT2D eigenvalue weighted by molar-refractivity contribution is 8.01. The number of nitrogens with one attached hydrogen (secondary N) is 1. The van der Waals surface area contributed by atoms with Crippen LogP contribution in [0.25, 0.3) is 11.3 Å². The minimum Gasteiger partial charge on any atom is -0.315 e. The third kappa shape index (κ3) is 3.12. The quantitative estimate of drug-likeness (QED) is 0.838. The van der Waals surface area contributed by atoms with E-state index in [0.29, 0.717) is 28.6 Å². The van der Waals surface area contributed by atoms with Gasteiger partial charge in [0.2, 0.25) is 11.8 Å². The van der Waals surface area contributed by atoms with Gasteiger partial charge in [0.1, 0.15) is 6.04 Å². The van der Waals surface area contributed by atoms with Crippen LogP contribution in [0.4, 0.5) is 13.9 Å². The van der Waals surface area contributed by atoms with Crippen molar-refractivity contribution in [2.45, 2.75) is 37.6 Å². The molecule has 0 saturated carbocycles. The van der Waals surface area contributed by atoms with Crippen LogP contribution in [0, 0.1) is 18.6 Å². The molecule has 9 heteroatoms. The van der Waals surface area contributed by atoms with Crippen LogP contribution in [0.5, 0.6) is 0 Å². The molecule has 4 rings (SSSR count). The molecule has 142 valence electrons. The topological polar surface area (TPSA) is 62.3 Å². The van der Waals surface area contributed by atoms with Gasteiger partial charge in [0, 0.05) is 22.6 Å². The number of thiazole rings is 1. The molecule has 1 aromatic heterocycles. The number of nitrogens with zero attached hydrogens (tertiary/aromatic N) is 2. The Hall–Kier alpha value is -2.00. The van der Waals surface area contributed by atoms with Gasteiger partial charge in [-0.2, -0.15) is 0 Å². The van der Waals surface area contributed by atoms with Crippen molar-refractivity contribution in [2.75, 3.05) is 11.1 Å². The van der Waals surface area contributed by atoms with Crippen LogP contribution in [-0.2, 0) is 9.59 Å². The maximum atomic E-state index is 13.5. The SMILES string of the molecule is Cc1sc(NC(=O)C2CSC3(C)CCC(=O)N23)nc1-c1ccc(F)c(F)c1. The maximum absolute atomic E-state index is 13.5. The number of benzene rings is 1. The molecule has 0 bridgehead atoms. The number of thioether (sulfide) groups is 1. The molecule has 2 atom stereocenters. The molecule has 2 aliphatic rings. The zero-order chi connectivity index (χ0) is 19.3. The molecule has 0 radical (unpaired) electrons. The summed E-state index contributed by atoms with van der Waals surface area (Å²) < 4.78 is 26.7. The predicted octanol–water partition coefficient (Wildman–Crippen LogP) is 3.79. The van der Waals surface area contributed by atoms with E-state index < -0.39 is 17.7 Å². The molecular weight excluding hydrogens is 392 g/mol. The molecule has 1 N–H and O–H groups in total. The minimum absolute atomic E-state index is 0.000413. The molecule has 2 aromatic rings. The molecular formula is C18H17F2N3O2S2. The summed E-state index contributed by atoms with van der Waals surface area (Å²) in [6, 6.07) is 3.07. The maximum Gasteiger partial charge on any atom is 0.249 e. The summed E-state index contributed by atoms with van der Waals surface area (Å²) in [5.41, 5.74) is 0.943. The van der Waals surface area contributed by atoms with Crippen molar-refractivity contribution in [3.8, 4) is 11.3 Å². The number of halogens is 2. The van der Waals surface area contributed by atoms with Crippen LogP contribution in [0.15, 0.2) is 18.2 Å². The summed E-state index contributed by atoms with van der Waals surface area (Å²) in [4.78, 5) is 31.4. The largest absolute Gasteiger partial charge is 0.315 e. The highest BCUT2D eigenvalue weighted by Crippen LogP contribution is 2.47. The van der Waals surface area contributed by atoms with Gasteiger partial charge in [-0.25, -0.2) is 13.8 Å². The van der Waals surface area contributed by atoms with Crippen molar-refractivity contribution in [2.24, 2.45) is 0 Å². The van der Waals surface area contributed by atoms with Crippen molar-refractivity contribution in [1.82, 2.24) is 9.88 Å². The number of amides is 2. The third-order valence-electron chi connectivity index (χ3n) is 4.97. The molecule has 2 amide bonds. The first kappa shape index (κ1) is 18.4. The lowest BCUT2D eigenvalue weighted by molar-refractivity contribution is -0.135. The third-order valence-corrected chi connectivity index (χ3v) is 7.36. The van der Waals surface area contributed by atoms with Gasteiger partial charge in [0.25, 0.3) is 0 Å². The second-order valence-electron chi connectivity index (χ2n) is 6.81. The van der Waals surface area contributed by atoms with Crippen molar-refractivity contribution in [1.29, 1.82) is 0 Å². The van der Waals surface area contributed by atoms with Gasteiger partial charge in [-0.1, -0.05) is 0 Å². The van der Waals surface area contributed by atoms with Gasteiger partial charge in [0.05, 0.1) is 10.6 Å². The number of anilines is 1. The van der Waals surface area contributed by atoms with Gasteiger partial charge < -0.3 is 10.2 Å². The van der Waals surface area contributed by atoms with Crippen LogP contribution in [0.1, 0.15) is 24.6 Å². The molecule has 2 saturated heterocycles. The number of hydrogen-bond donors (Lipinski definition) is 1. The van der Waals surface area contributed by atoms with Crippen LogP contribution in [-0.4, -0.2) is 38.4 Å². The Balaban J connectivity index is 1.54. The molecule has 2 fully saturated rings. The second kappa shape index (κ2) is 6.56. The number of fused-ring (bicyclic) bond motifs is 1. The van der Waals surface area contributed by atoms with E-state index in [9.17, 15) is 18.4 Å². The van der Waals surface area contributed by atoms with Gasteiger partial charge in [-0.05, 0) is 38.5 Å². The average molecular weight is 409 g/mol. The van der Waals surface area contributed by atoms with Gasteiger partial charge in [-0.3, -0.25) is 9.59 Å². The molecule has 5 nitrogen and oxygen atoms in total. The molecule has 3 heterocycles. The average Bonchev–Trinajstić information content (AvgIpc) is 3.24. The van der Waals surface area contributed by atoms with Crippen molar-refractivity contribution >= 4 is 40.0 Å². The first-order chi connectivity index (χ1) is 12.8. The highest BCUT2D eigenvalue weighted by Gasteiger charge is 2.52. The molecule has 27 heavy (non-hydrogen) atoms. The fourth-order valence-corrected chi connectivity index (χ4v) is 5.84. The predicted molar refractivity (Wildman–Crippen MR) is 102 cm³/mol. The summed E-state index contributed by atoms with van der Waals surface area (Å²) in [6.07, 6.45) is 1.21. The lowest BCUT2D eigenvalue weighted by atomic mass is 10.1. The number of hydrogen-bond acceptors (Lipinski definition) is 5. The number of carbonyl (C=O) groups excluding carboxylic acids is 2. The Morgan fingerprint density at radius 3 is 2.89 bits per heavy atom. The van der Waals surface area contributed by atoms with Crippen LogP contribution in [0.2, 0.25) is 0 Å². The number of carbonyl (C=O) groups is 2. The van der Waals surface area contributed by atoms with Crippen LogP contribution >= 0.6 is 23.1 Å². The number of aryl methyl sites for hydroxylation is 1. The normalized spacial score (nSPS) is 24.4. The van der Waals surface area contributed by atoms with E-state index in [1.165, 1.54) is 17.4 Å². The molecule has 0 aliphatic carbocycles. The Morgan fingerprint density at radius 1 is 1.37 bits per heavy atom. The molecule has 2 aliphatic heterocycles. The Bertz CT molecular complexity index is 949. The van der Waals surface area contributed by atoms with Crippen molar-refractivity contribution in [3.63, 3.8) is 0 Å². The summed E-state index contributed by atoms with van der Waals surface area (Å²) in [5.74, 6) is -1.58. The summed E-state index contributed by atoms with van der Waals surface area (Å²) in [5, 5.41) is 3.16. The fraction of sp³-hybridized carbons (Fsp3) is 0.389. The number of rotatable bonds is 3. The lowest BCUT2D eigenvalue weighted by Gasteiger charge is -2.29. The Kier molecular flexibility index (Phi) is 4.46. The summed E-state index contributed by atoms with van der Waals surface area (Å²) >= 11 is 2.89. The monoisotopic (exact) mass is 409 g/mol. The van der Waals surface area contributed by atoms with E-state index in [-0.39, 0.29) is 16.7 Å². The zero-order valence-corrected chi connectivity index (χ0v) is 16.3.